The van der Waals surface area contributed by atoms with Crippen LogP contribution >= 0.6 is 11.3 Å². The monoisotopic (exact) mass is 514 g/mol. The van der Waals surface area contributed by atoms with E-state index in [1.807, 2.05) is 35.7 Å². The lowest BCUT2D eigenvalue weighted by Gasteiger charge is -2.27. The minimum Gasteiger partial charge on any atom is -0.493 e. The maximum Gasteiger partial charge on any atom is 0.254 e. The first-order chi connectivity index (χ1) is 17.4. The first-order valence-electron chi connectivity index (χ1n) is 11.5. The number of rotatable bonds is 13. The van der Waals surface area contributed by atoms with Gasteiger partial charge in [0.1, 0.15) is 12.4 Å². The first kappa shape index (κ1) is 27.2. The van der Waals surface area contributed by atoms with Gasteiger partial charge in [0, 0.05) is 30.6 Å². The number of carbonyl (C=O) groups is 2. The molecule has 2 amide bonds. The minimum absolute atomic E-state index is 0.114. The van der Waals surface area contributed by atoms with Crippen LogP contribution in [-0.4, -0.2) is 69.2 Å². The van der Waals surface area contributed by atoms with E-state index in [-0.39, 0.29) is 31.5 Å². The molecular formula is C27H31FN2O5S. The van der Waals surface area contributed by atoms with Crippen LogP contribution in [0, 0.1) is 5.82 Å². The molecule has 3 aromatic rings. The van der Waals surface area contributed by atoms with Gasteiger partial charge in [0.2, 0.25) is 5.91 Å². The Morgan fingerprint density at radius 3 is 2.31 bits per heavy atom. The average molecular weight is 515 g/mol. The lowest BCUT2D eigenvalue weighted by atomic mass is 10.1. The number of ether oxygens (including phenoxy) is 3. The zero-order chi connectivity index (χ0) is 25.9. The topological polar surface area (TPSA) is 68.3 Å². The predicted molar refractivity (Wildman–Crippen MR) is 137 cm³/mol. The Labute approximate surface area is 215 Å². The molecule has 0 radical (unpaired) electrons. The lowest BCUT2D eigenvalue weighted by molar-refractivity contribution is -0.132. The van der Waals surface area contributed by atoms with Gasteiger partial charge < -0.3 is 24.0 Å². The highest BCUT2D eigenvalue weighted by molar-refractivity contribution is 7.09. The van der Waals surface area contributed by atoms with Gasteiger partial charge in [-0.15, -0.1) is 11.3 Å². The molecular weight excluding hydrogens is 483 g/mol. The van der Waals surface area contributed by atoms with Gasteiger partial charge >= 0.3 is 0 Å². The van der Waals surface area contributed by atoms with Crippen LogP contribution in [0.4, 0.5) is 4.39 Å². The second-order valence-corrected chi connectivity index (χ2v) is 9.09. The van der Waals surface area contributed by atoms with E-state index in [4.69, 9.17) is 14.2 Å². The van der Waals surface area contributed by atoms with Crippen molar-refractivity contribution < 1.29 is 28.2 Å². The van der Waals surface area contributed by atoms with E-state index in [0.717, 1.165) is 10.4 Å². The fourth-order valence-corrected chi connectivity index (χ4v) is 4.39. The Balaban J connectivity index is 1.76. The molecule has 0 aliphatic carbocycles. The average Bonchev–Trinajstić information content (AvgIpc) is 3.41. The maximum atomic E-state index is 13.5. The summed E-state index contributed by atoms with van der Waals surface area (Å²) in [6.45, 7) is 1.29. The van der Waals surface area contributed by atoms with Crippen molar-refractivity contribution in [2.75, 3.05) is 47.6 Å². The van der Waals surface area contributed by atoms with E-state index in [9.17, 15) is 14.0 Å². The smallest absolute Gasteiger partial charge is 0.254 e. The summed E-state index contributed by atoms with van der Waals surface area (Å²) in [5, 5.41) is 1.97. The van der Waals surface area contributed by atoms with Crippen LogP contribution in [0.3, 0.4) is 0 Å². The fourth-order valence-electron chi connectivity index (χ4n) is 3.67. The SMILES string of the molecule is COCCN(CC(=O)N(CCc1ccc(OC)c(OC)c1)Cc1cccs1)C(=O)c1ccc(F)cc1. The molecule has 0 saturated heterocycles. The summed E-state index contributed by atoms with van der Waals surface area (Å²) in [4.78, 5) is 30.8. The number of nitrogens with zero attached hydrogens (tertiary/aromatic N) is 2. The molecule has 0 aliphatic rings. The zero-order valence-electron chi connectivity index (χ0n) is 20.7. The normalized spacial score (nSPS) is 10.7. The number of thiophene rings is 1. The quantitative estimate of drug-likeness (QED) is 0.341. The lowest BCUT2D eigenvalue weighted by Crippen LogP contribution is -2.44. The second-order valence-electron chi connectivity index (χ2n) is 8.06. The van der Waals surface area contributed by atoms with Crippen LogP contribution in [0.1, 0.15) is 20.8 Å². The largest absolute Gasteiger partial charge is 0.493 e. The highest BCUT2D eigenvalue weighted by atomic mass is 32.1. The number of hydrogen-bond donors (Lipinski definition) is 0. The molecule has 1 aromatic heterocycles. The molecule has 1 heterocycles. The van der Waals surface area contributed by atoms with E-state index in [2.05, 4.69) is 0 Å². The third kappa shape index (κ3) is 7.53. The van der Waals surface area contributed by atoms with Gasteiger partial charge in [0.05, 0.1) is 27.4 Å². The van der Waals surface area contributed by atoms with Crippen molar-refractivity contribution in [3.63, 3.8) is 0 Å². The van der Waals surface area contributed by atoms with E-state index >= 15 is 0 Å². The van der Waals surface area contributed by atoms with Crippen LogP contribution < -0.4 is 9.47 Å². The highest BCUT2D eigenvalue weighted by Gasteiger charge is 2.23. The van der Waals surface area contributed by atoms with Crippen LogP contribution in [0.2, 0.25) is 0 Å². The number of amides is 2. The standard InChI is InChI=1S/C27H31FN2O5S/c1-33-15-14-30(27(32)21-7-9-22(28)10-8-21)19-26(31)29(18-23-5-4-16-36-23)13-12-20-6-11-24(34-2)25(17-20)35-3/h4-11,16-17H,12-15,18-19H2,1-3H3. The van der Waals surface area contributed by atoms with Crippen LogP contribution in [0.15, 0.2) is 60.0 Å². The Bertz CT molecular complexity index is 1120. The summed E-state index contributed by atoms with van der Waals surface area (Å²) in [7, 11) is 4.71. The predicted octanol–water partition coefficient (Wildman–Crippen LogP) is 4.26. The number of hydrogen-bond acceptors (Lipinski definition) is 6. The summed E-state index contributed by atoms with van der Waals surface area (Å²) in [6.07, 6.45) is 0.599. The Morgan fingerprint density at radius 1 is 0.917 bits per heavy atom. The van der Waals surface area contributed by atoms with Gasteiger partial charge in [-0.25, -0.2) is 4.39 Å². The van der Waals surface area contributed by atoms with Crippen molar-refractivity contribution >= 4 is 23.2 Å². The zero-order valence-corrected chi connectivity index (χ0v) is 21.6. The van der Waals surface area contributed by atoms with Gasteiger partial charge in [-0.2, -0.15) is 0 Å². The summed E-state index contributed by atoms with van der Waals surface area (Å²) in [5.74, 6) is 0.304. The van der Waals surface area contributed by atoms with E-state index in [1.165, 1.54) is 36.3 Å². The number of halogens is 1. The second kappa shape index (κ2) is 13.6. The molecule has 7 nitrogen and oxygen atoms in total. The summed E-state index contributed by atoms with van der Waals surface area (Å²) in [5.41, 5.74) is 1.31. The molecule has 36 heavy (non-hydrogen) atoms. The maximum absolute atomic E-state index is 13.5. The molecule has 0 fully saturated rings. The molecule has 0 unspecified atom stereocenters. The molecule has 0 saturated carbocycles. The van der Waals surface area contributed by atoms with E-state index < -0.39 is 5.82 Å². The van der Waals surface area contributed by atoms with Gasteiger partial charge in [-0.05, 0) is 59.8 Å². The highest BCUT2D eigenvalue weighted by Crippen LogP contribution is 2.28. The van der Waals surface area contributed by atoms with E-state index in [0.29, 0.717) is 36.6 Å². The van der Waals surface area contributed by atoms with Crippen molar-refractivity contribution in [2.45, 2.75) is 13.0 Å². The summed E-state index contributed by atoms with van der Waals surface area (Å²) >= 11 is 1.57. The van der Waals surface area contributed by atoms with Gasteiger partial charge in [0.25, 0.3) is 5.91 Å². The van der Waals surface area contributed by atoms with Crippen LogP contribution in [-0.2, 0) is 22.5 Å². The van der Waals surface area contributed by atoms with Gasteiger partial charge in [0.15, 0.2) is 11.5 Å². The molecule has 0 bridgehead atoms. The molecule has 0 aliphatic heterocycles. The Hall–Kier alpha value is -3.43. The van der Waals surface area contributed by atoms with E-state index in [1.54, 1.807) is 30.5 Å². The summed E-state index contributed by atoms with van der Waals surface area (Å²) in [6, 6.07) is 14.9. The van der Waals surface area contributed by atoms with Crippen molar-refractivity contribution in [3.8, 4) is 11.5 Å². The summed E-state index contributed by atoms with van der Waals surface area (Å²) < 4.78 is 29.2. The van der Waals surface area contributed by atoms with Crippen LogP contribution in [0.25, 0.3) is 0 Å². The Kier molecular flexibility index (Phi) is 10.3. The molecule has 9 heteroatoms. The molecule has 192 valence electrons. The molecule has 2 aromatic carbocycles. The van der Waals surface area contributed by atoms with Crippen molar-refractivity contribution in [1.82, 2.24) is 9.80 Å². The number of carbonyl (C=O) groups excluding carboxylic acids is 2. The third-order valence-corrected chi connectivity index (χ3v) is 6.53. The van der Waals surface area contributed by atoms with Crippen molar-refractivity contribution in [2.24, 2.45) is 0 Å². The van der Waals surface area contributed by atoms with Crippen LogP contribution in [0.5, 0.6) is 11.5 Å². The molecule has 0 N–H and O–H groups in total. The third-order valence-electron chi connectivity index (χ3n) is 5.67. The molecule has 0 spiro atoms. The first-order valence-corrected chi connectivity index (χ1v) is 12.4. The number of benzene rings is 2. The number of methoxy groups -OCH3 is 3. The van der Waals surface area contributed by atoms with Gasteiger partial charge in [-0.1, -0.05) is 12.1 Å². The van der Waals surface area contributed by atoms with Crippen molar-refractivity contribution in [3.05, 3.63) is 81.8 Å². The minimum atomic E-state index is -0.427. The van der Waals surface area contributed by atoms with Gasteiger partial charge in [-0.3, -0.25) is 9.59 Å². The Morgan fingerprint density at radius 2 is 1.67 bits per heavy atom. The fraction of sp³-hybridized carbons (Fsp3) is 0.333. The molecule has 0 atom stereocenters. The van der Waals surface area contributed by atoms with Crippen molar-refractivity contribution in [1.29, 1.82) is 0 Å². The molecule has 3 rings (SSSR count).